The maximum absolute atomic E-state index is 13.0. The topological polar surface area (TPSA) is 83.1 Å². The molecule has 2 aromatic rings. The molecule has 226 valence electrons. The van der Waals surface area contributed by atoms with Crippen LogP contribution in [-0.2, 0) is 16.4 Å². The Kier molecular flexibility index (Phi) is 10.0. The first-order valence-corrected chi connectivity index (χ1v) is 13.0. The second kappa shape index (κ2) is 12.7. The molecule has 2 aliphatic rings. The molecule has 0 radical (unpaired) electrons. The van der Waals surface area contributed by atoms with Crippen molar-refractivity contribution < 1.29 is 45.7 Å². The van der Waals surface area contributed by atoms with Crippen molar-refractivity contribution in [1.82, 2.24) is 10.2 Å². The number of alkyl halides is 6. The van der Waals surface area contributed by atoms with E-state index in [0.717, 1.165) is 50.1 Å². The number of anilines is 1. The van der Waals surface area contributed by atoms with Crippen LogP contribution in [0.2, 0.25) is 0 Å². The Labute approximate surface area is 238 Å². The van der Waals surface area contributed by atoms with Crippen molar-refractivity contribution in [2.45, 2.75) is 55.5 Å². The van der Waals surface area contributed by atoms with Crippen LogP contribution in [0.3, 0.4) is 0 Å². The number of hydrogen-bond donors (Lipinski definition) is 3. The summed E-state index contributed by atoms with van der Waals surface area (Å²) in [7, 11) is 5.43. The second-order valence-corrected chi connectivity index (χ2v) is 10.3. The molecule has 14 heteroatoms. The molecule has 41 heavy (non-hydrogen) atoms. The van der Waals surface area contributed by atoms with E-state index >= 15 is 0 Å². The molecule has 7 nitrogen and oxygen atoms in total. The average molecular weight is 608 g/mol. The Morgan fingerprint density at radius 1 is 1.05 bits per heavy atom. The molecule has 3 N–H and O–H groups in total. The third-order valence-electron chi connectivity index (χ3n) is 7.51. The summed E-state index contributed by atoms with van der Waals surface area (Å²) in [6, 6.07) is 11.7. The molecule has 4 rings (SSSR count). The van der Waals surface area contributed by atoms with Gasteiger partial charge in [-0.15, -0.1) is 0 Å². The van der Waals surface area contributed by atoms with Crippen LogP contribution in [-0.4, -0.2) is 67.2 Å². The largest absolute Gasteiger partial charge is 0.493 e. The van der Waals surface area contributed by atoms with Gasteiger partial charge in [-0.3, -0.25) is 0 Å². The summed E-state index contributed by atoms with van der Waals surface area (Å²) >= 11 is 5.44. The predicted molar refractivity (Wildman–Crippen MR) is 144 cm³/mol. The highest BCUT2D eigenvalue weighted by atomic mass is 32.1. The number of carboxylic acid groups (broad SMARTS) is 1. The van der Waals surface area contributed by atoms with Gasteiger partial charge in [-0.2, -0.15) is 26.3 Å². The number of carboxylic acids is 1. The first kappa shape index (κ1) is 32.3. The van der Waals surface area contributed by atoms with Crippen molar-refractivity contribution in [1.29, 1.82) is 0 Å². The summed E-state index contributed by atoms with van der Waals surface area (Å²) in [6.07, 6.45) is -5.65. The van der Waals surface area contributed by atoms with Crippen molar-refractivity contribution in [2.24, 2.45) is 0 Å². The number of nitrogens with one attached hydrogen (secondary N) is 2. The van der Waals surface area contributed by atoms with Gasteiger partial charge in [0, 0.05) is 23.2 Å². The molecule has 0 spiro atoms. The number of carbonyl (C=O) groups is 1. The van der Waals surface area contributed by atoms with Gasteiger partial charge < -0.3 is 30.1 Å². The number of methoxy groups -OCH3 is 2. The second-order valence-electron chi connectivity index (χ2n) is 9.92. The SMILES string of the molecule is COc1ccc([C@@]23CC[C@@H](NC(=S)Nc4cccc(C(F)(F)F)c4)C[C@@H]2N(C)CC3)cc1OC.O=C(O)C(F)(F)F. The fourth-order valence-corrected chi connectivity index (χ4v) is 5.80. The van der Waals surface area contributed by atoms with Gasteiger partial charge in [0.1, 0.15) is 0 Å². The summed E-state index contributed by atoms with van der Waals surface area (Å²) in [4.78, 5) is 11.3. The van der Waals surface area contributed by atoms with E-state index in [1.807, 2.05) is 6.07 Å². The van der Waals surface area contributed by atoms with Gasteiger partial charge in [0.25, 0.3) is 0 Å². The van der Waals surface area contributed by atoms with Gasteiger partial charge in [-0.25, -0.2) is 4.79 Å². The van der Waals surface area contributed by atoms with E-state index < -0.39 is 23.9 Å². The van der Waals surface area contributed by atoms with Gasteiger partial charge >= 0.3 is 18.3 Å². The first-order valence-electron chi connectivity index (χ1n) is 12.6. The Morgan fingerprint density at radius 2 is 1.71 bits per heavy atom. The van der Waals surface area contributed by atoms with Gasteiger partial charge in [0.05, 0.1) is 19.8 Å². The molecule has 1 saturated heterocycles. The molecule has 2 aromatic carbocycles. The van der Waals surface area contributed by atoms with E-state index in [0.29, 0.717) is 22.6 Å². The number of thiocarbonyl (C=S) groups is 1. The lowest BCUT2D eigenvalue weighted by atomic mass is 9.65. The van der Waals surface area contributed by atoms with E-state index in [4.69, 9.17) is 31.6 Å². The van der Waals surface area contributed by atoms with Crippen molar-refractivity contribution in [2.75, 3.05) is 33.1 Å². The standard InChI is InChI=1S/C25H30F3N3O2S.C2HF3O2/c1-31-12-11-24(16-7-8-20(32-2)21(14-16)33-3)10-9-19(15-22(24)31)30-23(34)29-18-6-4-5-17(13-18)25(26,27)28;3-2(4,5)1(6)7/h4-8,13-14,19,22H,9-12,15H2,1-3H3,(H2,29,30,34);(H,6,7)/t19-,22+,24+;/m1./s1. The Hall–Kier alpha value is -3.26. The maximum atomic E-state index is 13.0. The van der Waals surface area contributed by atoms with Crippen LogP contribution in [0.4, 0.5) is 32.0 Å². The molecule has 2 fully saturated rings. The number of benzene rings is 2. The molecule has 1 saturated carbocycles. The Balaban J connectivity index is 0.000000587. The molecule has 0 amide bonds. The lowest BCUT2D eigenvalue weighted by Crippen LogP contribution is -2.52. The van der Waals surface area contributed by atoms with Crippen LogP contribution >= 0.6 is 12.2 Å². The summed E-state index contributed by atoms with van der Waals surface area (Å²) in [5.41, 5.74) is 0.886. The third-order valence-corrected chi connectivity index (χ3v) is 7.73. The first-order chi connectivity index (χ1) is 19.1. The molecule has 1 heterocycles. The summed E-state index contributed by atoms with van der Waals surface area (Å²) in [5.74, 6) is -1.31. The van der Waals surface area contributed by atoms with E-state index in [-0.39, 0.29) is 11.5 Å². The molecule has 3 atom stereocenters. The number of nitrogens with zero attached hydrogens (tertiary/aromatic N) is 1. The third kappa shape index (κ3) is 7.73. The number of halogens is 6. The Bertz CT molecular complexity index is 1240. The highest BCUT2D eigenvalue weighted by molar-refractivity contribution is 7.80. The Morgan fingerprint density at radius 3 is 2.29 bits per heavy atom. The molecule has 0 unspecified atom stereocenters. The lowest BCUT2D eigenvalue weighted by molar-refractivity contribution is -0.192. The smallest absolute Gasteiger partial charge is 0.490 e. The minimum atomic E-state index is -5.08. The van der Waals surface area contributed by atoms with Crippen molar-refractivity contribution in [3.63, 3.8) is 0 Å². The van der Waals surface area contributed by atoms with E-state index in [2.05, 4.69) is 34.7 Å². The zero-order valence-corrected chi connectivity index (χ0v) is 23.3. The zero-order chi connectivity index (χ0) is 30.6. The molecule has 1 aliphatic heterocycles. The quantitative estimate of drug-likeness (QED) is 0.289. The highest BCUT2D eigenvalue weighted by Crippen LogP contribution is 2.50. The number of hydrogen-bond acceptors (Lipinski definition) is 5. The maximum Gasteiger partial charge on any atom is 0.490 e. The monoisotopic (exact) mass is 607 g/mol. The van der Waals surface area contributed by atoms with Gasteiger partial charge in [-0.1, -0.05) is 12.1 Å². The van der Waals surface area contributed by atoms with Crippen molar-refractivity contribution >= 4 is 29.0 Å². The number of aliphatic carboxylic acids is 1. The van der Waals surface area contributed by atoms with Gasteiger partial charge in [0.15, 0.2) is 16.6 Å². The normalized spacial score (nSPS) is 22.6. The van der Waals surface area contributed by atoms with Crippen LogP contribution in [0.15, 0.2) is 42.5 Å². The lowest BCUT2D eigenvalue weighted by Gasteiger charge is -2.45. The van der Waals surface area contributed by atoms with Gasteiger partial charge in [-0.05, 0) is 87.4 Å². The number of ether oxygens (including phenoxy) is 2. The summed E-state index contributed by atoms with van der Waals surface area (Å²) in [5, 5.41) is 13.7. The molecule has 0 bridgehead atoms. The van der Waals surface area contributed by atoms with Crippen LogP contribution < -0.4 is 20.1 Å². The minimum absolute atomic E-state index is 0.0164. The average Bonchev–Trinajstić information content (AvgIpc) is 3.24. The molecule has 1 aliphatic carbocycles. The van der Waals surface area contributed by atoms with E-state index in [9.17, 15) is 26.3 Å². The molecular formula is C27H31F6N3O4S. The number of fused-ring (bicyclic) bond motifs is 1. The number of likely N-dealkylation sites (tertiary alicyclic amines) is 1. The number of rotatable bonds is 5. The van der Waals surface area contributed by atoms with Crippen LogP contribution in [0.25, 0.3) is 0 Å². The van der Waals surface area contributed by atoms with Crippen LogP contribution in [0, 0.1) is 0 Å². The summed E-state index contributed by atoms with van der Waals surface area (Å²) in [6.45, 7) is 0.999. The molecular weight excluding hydrogens is 576 g/mol. The highest BCUT2D eigenvalue weighted by Gasteiger charge is 2.50. The predicted octanol–water partition coefficient (Wildman–Crippen LogP) is 5.84. The minimum Gasteiger partial charge on any atom is -0.493 e. The van der Waals surface area contributed by atoms with Gasteiger partial charge in [0.2, 0.25) is 0 Å². The summed E-state index contributed by atoms with van der Waals surface area (Å²) < 4.78 is 81.7. The van der Waals surface area contributed by atoms with E-state index in [1.165, 1.54) is 11.6 Å². The van der Waals surface area contributed by atoms with Crippen molar-refractivity contribution in [3.8, 4) is 11.5 Å². The zero-order valence-electron chi connectivity index (χ0n) is 22.5. The molecule has 0 aromatic heterocycles. The van der Waals surface area contributed by atoms with Crippen LogP contribution in [0.5, 0.6) is 11.5 Å². The van der Waals surface area contributed by atoms with E-state index in [1.54, 1.807) is 20.3 Å². The fourth-order valence-electron chi connectivity index (χ4n) is 5.52. The number of likely N-dealkylation sites (N-methyl/N-ethyl adjacent to an activating group) is 1. The van der Waals surface area contributed by atoms with Crippen LogP contribution in [0.1, 0.15) is 36.8 Å². The van der Waals surface area contributed by atoms with Crippen molar-refractivity contribution in [3.05, 3.63) is 53.6 Å². The fraction of sp³-hybridized carbons (Fsp3) is 0.481.